The van der Waals surface area contributed by atoms with Gasteiger partial charge in [-0.15, -0.1) is 0 Å². The van der Waals surface area contributed by atoms with Crippen LogP contribution in [0.15, 0.2) is 36.8 Å². The van der Waals surface area contributed by atoms with E-state index in [0.717, 1.165) is 11.1 Å². The van der Waals surface area contributed by atoms with Gasteiger partial charge in [0.15, 0.2) is 5.69 Å². The van der Waals surface area contributed by atoms with Gasteiger partial charge in [0, 0.05) is 25.1 Å². The van der Waals surface area contributed by atoms with E-state index in [9.17, 15) is 9.59 Å². The smallest absolute Gasteiger partial charge is 0.356 e. The maximum absolute atomic E-state index is 11.8. The highest BCUT2D eigenvalue weighted by atomic mass is 16.4. The van der Waals surface area contributed by atoms with E-state index in [1.807, 2.05) is 13.0 Å². The van der Waals surface area contributed by atoms with E-state index < -0.39 is 12.0 Å². The Bertz CT molecular complexity index is 673. The van der Waals surface area contributed by atoms with E-state index in [-0.39, 0.29) is 11.4 Å². The number of anilines is 1. The van der Waals surface area contributed by atoms with Gasteiger partial charge in [-0.1, -0.05) is 0 Å². The SMILES string of the molecule is Cc1ccncc1CNC(=O)Nc1cccnc1C(=O)O. The number of urea groups is 1. The molecule has 2 rings (SSSR count). The van der Waals surface area contributed by atoms with Gasteiger partial charge in [-0.05, 0) is 36.2 Å². The summed E-state index contributed by atoms with van der Waals surface area (Å²) in [7, 11) is 0. The molecule has 0 aliphatic rings. The van der Waals surface area contributed by atoms with Gasteiger partial charge in [-0.3, -0.25) is 4.98 Å². The molecule has 2 amide bonds. The van der Waals surface area contributed by atoms with Crippen LogP contribution in [0.1, 0.15) is 21.6 Å². The Morgan fingerprint density at radius 3 is 2.81 bits per heavy atom. The number of aromatic nitrogens is 2. The number of rotatable bonds is 4. The molecule has 7 heteroatoms. The number of nitrogens with one attached hydrogen (secondary N) is 2. The van der Waals surface area contributed by atoms with Crippen molar-refractivity contribution in [1.82, 2.24) is 15.3 Å². The fourth-order valence-electron chi connectivity index (χ4n) is 1.70. The zero-order valence-electron chi connectivity index (χ0n) is 11.3. The van der Waals surface area contributed by atoms with Gasteiger partial charge in [-0.2, -0.15) is 0 Å². The summed E-state index contributed by atoms with van der Waals surface area (Å²) in [6, 6.07) is 4.37. The molecule has 7 nitrogen and oxygen atoms in total. The van der Waals surface area contributed by atoms with Gasteiger partial charge in [-0.25, -0.2) is 14.6 Å². The summed E-state index contributed by atoms with van der Waals surface area (Å²) in [5.74, 6) is -1.20. The standard InChI is InChI=1S/C14H14N4O3/c1-9-4-6-15-7-10(9)8-17-14(21)18-11-3-2-5-16-12(11)13(19)20/h2-7H,8H2,1H3,(H,19,20)(H2,17,18,21). The molecule has 2 aromatic heterocycles. The second-order valence-corrected chi connectivity index (χ2v) is 4.31. The number of aromatic carboxylic acids is 1. The first-order valence-corrected chi connectivity index (χ1v) is 6.20. The Morgan fingerprint density at radius 1 is 1.29 bits per heavy atom. The number of hydrogen-bond acceptors (Lipinski definition) is 4. The monoisotopic (exact) mass is 286 g/mol. The van der Waals surface area contributed by atoms with Crippen LogP contribution < -0.4 is 10.6 Å². The maximum Gasteiger partial charge on any atom is 0.356 e. The quantitative estimate of drug-likeness (QED) is 0.795. The number of carboxylic acid groups (broad SMARTS) is 1. The third-order valence-corrected chi connectivity index (χ3v) is 2.85. The molecule has 0 atom stereocenters. The molecule has 0 aliphatic heterocycles. The van der Waals surface area contributed by atoms with Gasteiger partial charge in [0.25, 0.3) is 0 Å². The normalized spacial score (nSPS) is 9.95. The van der Waals surface area contributed by atoms with Crippen molar-refractivity contribution in [1.29, 1.82) is 0 Å². The van der Waals surface area contributed by atoms with Crippen molar-refractivity contribution < 1.29 is 14.7 Å². The third kappa shape index (κ3) is 3.75. The van der Waals surface area contributed by atoms with E-state index in [2.05, 4.69) is 20.6 Å². The Kier molecular flexibility index (Phi) is 4.45. The largest absolute Gasteiger partial charge is 0.476 e. The molecule has 2 heterocycles. The number of carboxylic acids is 1. The molecular formula is C14H14N4O3. The zero-order valence-corrected chi connectivity index (χ0v) is 11.3. The summed E-state index contributed by atoms with van der Waals surface area (Å²) < 4.78 is 0. The van der Waals surface area contributed by atoms with E-state index in [1.54, 1.807) is 18.5 Å². The Morgan fingerprint density at radius 2 is 2.10 bits per heavy atom. The molecular weight excluding hydrogens is 272 g/mol. The average molecular weight is 286 g/mol. The van der Waals surface area contributed by atoms with Crippen molar-refractivity contribution in [2.75, 3.05) is 5.32 Å². The van der Waals surface area contributed by atoms with Crippen molar-refractivity contribution in [2.24, 2.45) is 0 Å². The molecule has 2 aromatic rings. The molecule has 0 fully saturated rings. The fourth-order valence-corrected chi connectivity index (χ4v) is 1.70. The van der Waals surface area contributed by atoms with Crippen molar-refractivity contribution >= 4 is 17.7 Å². The lowest BCUT2D eigenvalue weighted by atomic mass is 10.2. The number of carbonyl (C=O) groups is 2. The zero-order chi connectivity index (χ0) is 15.2. The van der Waals surface area contributed by atoms with Crippen molar-refractivity contribution in [3.05, 3.63) is 53.6 Å². The molecule has 108 valence electrons. The first-order chi connectivity index (χ1) is 10.1. The molecule has 3 N–H and O–H groups in total. The van der Waals surface area contributed by atoms with Crippen LogP contribution in [0.3, 0.4) is 0 Å². The molecule has 0 saturated heterocycles. The Labute approximate surface area is 121 Å². The summed E-state index contributed by atoms with van der Waals surface area (Å²) in [6.45, 7) is 2.22. The van der Waals surface area contributed by atoms with Gasteiger partial charge in [0.05, 0.1) is 5.69 Å². The minimum atomic E-state index is -1.20. The topological polar surface area (TPSA) is 104 Å². The van der Waals surface area contributed by atoms with Crippen LogP contribution in [0.5, 0.6) is 0 Å². The molecule has 0 spiro atoms. The molecule has 0 bridgehead atoms. The second-order valence-electron chi connectivity index (χ2n) is 4.31. The van der Waals surface area contributed by atoms with Crippen LogP contribution in [0, 0.1) is 6.92 Å². The van der Waals surface area contributed by atoms with Crippen LogP contribution in [0.25, 0.3) is 0 Å². The third-order valence-electron chi connectivity index (χ3n) is 2.85. The van der Waals surface area contributed by atoms with Crippen molar-refractivity contribution in [2.45, 2.75) is 13.5 Å². The lowest BCUT2D eigenvalue weighted by Crippen LogP contribution is -2.29. The van der Waals surface area contributed by atoms with Crippen LogP contribution in [-0.4, -0.2) is 27.1 Å². The predicted molar refractivity (Wildman–Crippen MR) is 76.0 cm³/mol. The van der Waals surface area contributed by atoms with E-state index >= 15 is 0 Å². The van der Waals surface area contributed by atoms with E-state index in [0.29, 0.717) is 6.54 Å². The number of hydrogen-bond donors (Lipinski definition) is 3. The minimum absolute atomic E-state index is 0.144. The number of aryl methyl sites for hydroxylation is 1. The number of carbonyl (C=O) groups excluding carboxylic acids is 1. The first-order valence-electron chi connectivity index (χ1n) is 6.20. The number of pyridine rings is 2. The second kappa shape index (κ2) is 6.47. The van der Waals surface area contributed by atoms with Gasteiger partial charge in [0.1, 0.15) is 0 Å². The molecule has 0 radical (unpaired) electrons. The summed E-state index contributed by atoms with van der Waals surface area (Å²) in [5, 5.41) is 14.1. The number of nitrogens with zero attached hydrogens (tertiary/aromatic N) is 2. The van der Waals surface area contributed by atoms with Crippen LogP contribution in [0.2, 0.25) is 0 Å². The molecule has 0 unspecified atom stereocenters. The van der Waals surface area contributed by atoms with Crippen LogP contribution >= 0.6 is 0 Å². The van der Waals surface area contributed by atoms with Gasteiger partial charge < -0.3 is 15.7 Å². The first kappa shape index (κ1) is 14.4. The summed E-state index contributed by atoms with van der Waals surface area (Å²) in [6.07, 6.45) is 4.70. The lowest BCUT2D eigenvalue weighted by Gasteiger charge is -2.10. The highest BCUT2D eigenvalue weighted by Gasteiger charge is 2.13. The maximum atomic E-state index is 11.8. The Balaban J connectivity index is 2.00. The molecule has 0 aromatic carbocycles. The average Bonchev–Trinajstić information content (AvgIpc) is 2.47. The van der Waals surface area contributed by atoms with E-state index in [4.69, 9.17) is 5.11 Å². The molecule has 21 heavy (non-hydrogen) atoms. The van der Waals surface area contributed by atoms with Gasteiger partial charge >= 0.3 is 12.0 Å². The van der Waals surface area contributed by atoms with Crippen molar-refractivity contribution in [3.63, 3.8) is 0 Å². The molecule has 0 aliphatic carbocycles. The lowest BCUT2D eigenvalue weighted by molar-refractivity contribution is 0.0691. The Hall–Kier alpha value is -2.96. The van der Waals surface area contributed by atoms with Gasteiger partial charge in [0.2, 0.25) is 0 Å². The highest BCUT2D eigenvalue weighted by molar-refractivity contribution is 5.98. The predicted octanol–water partition coefficient (Wildman–Crippen LogP) is 1.80. The molecule has 0 saturated carbocycles. The highest BCUT2D eigenvalue weighted by Crippen LogP contribution is 2.12. The van der Waals surface area contributed by atoms with Crippen LogP contribution in [-0.2, 0) is 6.54 Å². The van der Waals surface area contributed by atoms with Crippen LogP contribution in [0.4, 0.5) is 10.5 Å². The summed E-state index contributed by atoms with van der Waals surface area (Å²) >= 11 is 0. The minimum Gasteiger partial charge on any atom is -0.476 e. The summed E-state index contributed by atoms with van der Waals surface area (Å²) in [4.78, 5) is 30.5. The van der Waals surface area contributed by atoms with E-state index in [1.165, 1.54) is 12.3 Å². The fraction of sp³-hybridized carbons (Fsp3) is 0.143. The number of amides is 2. The van der Waals surface area contributed by atoms with Crippen molar-refractivity contribution in [3.8, 4) is 0 Å². The summed E-state index contributed by atoms with van der Waals surface area (Å²) in [5.41, 5.74) is 1.84.